The smallest absolute Gasteiger partial charge is 0.328 e. The largest absolute Gasteiger partial charge is 0.507 e. The van der Waals surface area contributed by atoms with Gasteiger partial charge in [-0.05, 0) is 24.6 Å². The van der Waals surface area contributed by atoms with Crippen LogP contribution in [0.15, 0.2) is 53.5 Å². The third-order valence-electron chi connectivity index (χ3n) is 3.29. The highest BCUT2D eigenvalue weighted by Crippen LogP contribution is 2.27. The van der Waals surface area contributed by atoms with Crippen LogP contribution in [0.25, 0.3) is 0 Å². The SMILES string of the molecule is CC(=NC(Cc1ccccc1)C(=O)O)c1c(O)cccc1O. The third kappa shape index (κ3) is 3.63. The molecular weight excluding hydrogens is 282 g/mol. The first-order valence-electron chi connectivity index (χ1n) is 6.81. The summed E-state index contributed by atoms with van der Waals surface area (Å²) in [5, 5.41) is 29.0. The molecule has 3 N–H and O–H groups in total. The van der Waals surface area contributed by atoms with Gasteiger partial charge in [-0.3, -0.25) is 4.99 Å². The maximum Gasteiger partial charge on any atom is 0.328 e. The minimum atomic E-state index is -1.06. The molecule has 0 aromatic heterocycles. The summed E-state index contributed by atoms with van der Waals surface area (Å²) in [4.78, 5) is 15.6. The molecule has 0 aliphatic heterocycles. The van der Waals surface area contributed by atoms with E-state index >= 15 is 0 Å². The molecule has 0 heterocycles. The fraction of sp³-hybridized carbons (Fsp3) is 0.176. The van der Waals surface area contributed by atoms with Crippen LogP contribution < -0.4 is 0 Å². The molecule has 22 heavy (non-hydrogen) atoms. The number of aliphatic carboxylic acids is 1. The number of carbonyl (C=O) groups is 1. The lowest BCUT2D eigenvalue weighted by atomic mass is 10.0. The maximum atomic E-state index is 11.4. The Morgan fingerprint density at radius 3 is 2.18 bits per heavy atom. The van der Waals surface area contributed by atoms with Crippen molar-refractivity contribution in [3.8, 4) is 11.5 Å². The summed E-state index contributed by atoms with van der Waals surface area (Å²) < 4.78 is 0. The van der Waals surface area contributed by atoms with E-state index in [0.29, 0.717) is 0 Å². The number of phenols is 2. The van der Waals surface area contributed by atoms with E-state index in [0.717, 1.165) is 5.56 Å². The molecule has 0 spiro atoms. The molecule has 1 unspecified atom stereocenters. The van der Waals surface area contributed by atoms with Gasteiger partial charge in [-0.25, -0.2) is 4.79 Å². The molecule has 0 amide bonds. The van der Waals surface area contributed by atoms with Crippen LogP contribution in [0.4, 0.5) is 0 Å². The highest BCUT2D eigenvalue weighted by Gasteiger charge is 2.19. The van der Waals surface area contributed by atoms with E-state index in [1.54, 1.807) is 6.92 Å². The lowest BCUT2D eigenvalue weighted by molar-refractivity contribution is -0.138. The average Bonchev–Trinajstić information content (AvgIpc) is 2.47. The van der Waals surface area contributed by atoms with E-state index in [9.17, 15) is 20.1 Å². The number of nitrogens with zero attached hydrogens (tertiary/aromatic N) is 1. The van der Waals surface area contributed by atoms with Crippen molar-refractivity contribution in [2.45, 2.75) is 19.4 Å². The normalized spacial score (nSPS) is 12.9. The molecule has 2 aromatic rings. The summed E-state index contributed by atoms with van der Waals surface area (Å²) in [5.41, 5.74) is 1.29. The molecule has 0 fully saturated rings. The van der Waals surface area contributed by atoms with Crippen molar-refractivity contribution in [1.29, 1.82) is 0 Å². The Labute approximate surface area is 128 Å². The summed E-state index contributed by atoms with van der Waals surface area (Å²) in [6.45, 7) is 1.57. The molecule has 0 aliphatic rings. The Kier molecular flexibility index (Phi) is 4.78. The molecule has 1 atom stereocenters. The number of carboxylic acids is 1. The molecule has 5 heteroatoms. The monoisotopic (exact) mass is 299 g/mol. The number of carboxylic acid groups (broad SMARTS) is 1. The van der Waals surface area contributed by atoms with Gasteiger partial charge in [0, 0.05) is 12.1 Å². The van der Waals surface area contributed by atoms with Gasteiger partial charge in [-0.2, -0.15) is 0 Å². The summed E-state index contributed by atoms with van der Waals surface area (Å²) in [7, 11) is 0. The minimum Gasteiger partial charge on any atom is -0.507 e. The number of phenolic OH excluding ortho intramolecular Hbond substituents is 2. The molecule has 5 nitrogen and oxygen atoms in total. The van der Waals surface area contributed by atoms with Crippen LogP contribution in [-0.2, 0) is 11.2 Å². The molecule has 0 saturated heterocycles. The zero-order chi connectivity index (χ0) is 16.1. The van der Waals surface area contributed by atoms with E-state index in [2.05, 4.69) is 4.99 Å². The van der Waals surface area contributed by atoms with Gasteiger partial charge in [-0.15, -0.1) is 0 Å². The number of aromatic hydroxyl groups is 2. The molecule has 0 bridgehead atoms. The van der Waals surface area contributed by atoms with Gasteiger partial charge in [-0.1, -0.05) is 36.4 Å². The van der Waals surface area contributed by atoms with Gasteiger partial charge in [0.2, 0.25) is 0 Å². The van der Waals surface area contributed by atoms with E-state index in [4.69, 9.17) is 0 Å². The van der Waals surface area contributed by atoms with E-state index in [1.165, 1.54) is 18.2 Å². The second-order valence-electron chi connectivity index (χ2n) is 4.93. The molecular formula is C17H17NO4. The van der Waals surface area contributed by atoms with Crippen molar-refractivity contribution < 1.29 is 20.1 Å². The van der Waals surface area contributed by atoms with Crippen molar-refractivity contribution in [2.24, 2.45) is 4.99 Å². The first-order valence-corrected chi connectivity index (χ1v) is 6.81. The number of aliphatic imine (C=N–C) groups is 1. The lowest BCUT2D eigenvalue weighted by Crippen LogP contribution is -2.22. The second-order valence-corrected chi connectivity index (χ2v) is 4.93. The van der Waals surface area contributed by atoms with E-state index < -0.39 is 12.0 Å². The third-order valence-corrected chi connectivity index (χ3v) is 3.29. The zero-order valence-electron chi connectivity index (χ0n) is 12.1. The van der Waals surface area contributed by atoms with Gasteiger partial charge in [0.15, 0.2) is 6.04 Å². The van der Waals surface area contributed by atoms with Crippen LogP contribution >= 0.6 is 0 Å². The highest BCUT2D eigenvalue weighted by atomic mass is 16.4. The van der Waals surface area contributed by atoms with Crippen LogP contribution in [-0.4, -0.2) is 33.0 Å². The Bertz CT molecular complexity index is 675. The Morgan fingerprint density at radius 2 is 1.64 bits per heavy atom. The van der Waals surface area contributed by atoms with Gasteiger partial charge in [0.1, 0.15) is 11.5 Å². The molecule has 0 aliphatic carbocycles. The molecule has 0 saturated carbocycles. The molecule has 2 rings (SSSR count). The zero-order valence-corrected chi connectivity index (χ0v) is 12.1. The number of rotatable bonds is 5. The van der Waals surface area contributed by atoms with Crippen molar-refractivity contribution in [2.75, 3.05) is 0 Å². The quantitative estimate of drug-likeness (QED) is 0.740. The standard InChI is InChI=1S/C17H17NO4/c1-11(16-14(19)8-5-9-15(16)20)18-13(17(21)22)10-12-6-3-2-4-7-12/h2-9,13,19-20H,10H2,1H3,(H,21,22). The molecule has 2 aromatic carbocycles. The first-order chi connectivity index (χ1) is 10.5. The summed E-state index contributed by atoms with van der Waals surface area (Å²) in [6.07, 6.45) is 0.238. The van der Waals surface area contributed by atoms with E-state index in [1.807, 2.05) is 30.3 Å². The van der Waals surface area contributed by atoms with Crippen LogP contribution in [0.3, 0.4) is 0 Å². The van der Waals surface area contributed by atoms with Gasteiger partial charge in [0.25, 0.3) is 0 Å². The van der Waals surface area contributed by atoms with Gasteiger partial charge in [0.05, 0.1) is 5.56 Å². The predicted octanol–water partition coefficient (Wildman–Crippen LogP) is 2.60. The Hall–Kier alpha value is -2.82. The first kappa shape index (κ1) is 15.6. The molecule has 0 radical (unpaired) electrons. The summed E-state index contributed by atoms with van der Waals surface area (Å²) in [6, 6.07) is 12.5. The minimum absolute atomic E-state index is 0.134. The van der Waals surface area contributed by atoms with Crippen molar-refractivity contribution in [3.63, 3.8) is 0 Å². The summed E-state index contributed by atoms with van der Waals surface area (Å²) >= 11 is 0. The number of hydrogen-bond donors (Lipinski definition) is 3. The van der Waals surface area contributed by atoms with Crippen LogP contribution in [0.2, 0.25) is 0 Å². The van der Waals surface area contributed by atoms with Crippen molar-refractivity contribution in [1.82, 2.24) is 0 Å². The van der Waals surface area contributed by atoms with E-state index in [-0.39, 0.29) is 29.2 Å². The average molecular weight is 299 g/mol. The van der Waals surface area contributed by atoms with Crippen LogP contribution in [0.1, 0.15) is 18.1 Å². The Morgan fingerprint density at radius 1 is 1.05 bits per heavy atom. The molecule has 114 valence electrons. The number of hydrogen-bond acceptors (Lipinski definition) is 4. The fourth-order valence-corrected chi connectivity index (χ4v) is 2.22. The van der Waals surface area contributed by atoms with Gasteiger partial charge >= 0.3 is 5.97 Å². The van der Waals surface area contributed by atoms with Crippen molar-refractivity contribution in [3.05, 3.63) is 59.7 Å². The second kappa shape index (κ2) is 6.76. The maximum absolute atomic E-state index is 11.4. The number of benzene rings is 2. The summed E-state index contributed by atoms with van der Waals surface area (Å²) in [5.74, 6) is -1.33. The predicted molar refractivity (Wildman–Crippen MR) is 83.6 cm³/mol. The lowest BCUT2D eigenvalue weighted by Gasteiger charge is -2.11. The van der Waals surface area contributed by atoms with Gasteiger partial charge < -0.3 is 15.3 Å². The van der Waals surface area contributed by atoms with Crippen LogP contribution in [0, 0.1) is 0 Å². The topological polar surface area (TPSA) is 90.1 Å². The van der Waals surface area contributed by atoms with Crippen molar-refractivity contribution >= 4 is 11.7 Å². The van der Waals surface area contributed by atoms with Crippen LogP contribution in [0.5, 0.6) is 11.5 Å². The highest BCUT2D eigenvalue weighted by molar-refractivity contribution is 6.04. The fourth-order valence-electron chi connectivity index (χ4n) is 2.22. The Balaban J connectivity index is 2.32.